The van der Waals surface area contributed by atoms with Crippen molar-refractivity contribution in [1.82, 2.24) is 0 Å². The van der Waals surface area contributed by atoms with Crippen LogP contribution in [0.1, 0.15) is 11.1 Å². The molecule has 102 valence electrons. The lowest BCUT2D eigenvalue weighted by atomic mass is 9.95. The Balaban J connectivity index is 1.66. The van der Waals surface area contributed by atoms with Crippen molar-refractivity contribution in [2.45, 2.75) is 12.8 Å². The van der Waals surface area contributed by atoms with Crippen molar-refractivity contribution in [2.24, 2.45) is 0 Å². The maximum Gasteiger partial charge on any atom is 0.173 e. The van der Waals surface area contributed by atoms with Crippen molar-refractivity contribution in [3.8, 4) is 22.6 Å². The van der Waals surface area contributed by atoms with Crippen molar-refractivity contribution in [1.29, 1.82) is 0 Å². The lowest BCUT2D eigenvalue weighted by Gasteiger charge is -2.08. The SMILES string of the molecule is c1ccc(CCc2c(-c3ccccc3)ccc3c2O3)cc1. The molecular formula is C20H16O. The Morgan fingerprint density at radius 3 is 2.14 bits per heavy atom. The molecule has 4 rings (SSSR count). The minimum absolute atomic E-state index is 1.01. The third-order valence-corrected chi connectivity index (χ3v) is 3.99. The molecule has 3 aromatic carbocycles. The summed E-state index contributed by atoms with van der Waals surface area (Å²) >= 11 is 0. The van der Waals surface area contributed by atoms with Crippen LogP contribution in [0.15, 0.2) is 72.8 Å². The van der Waals surface area contributed by atoms with Gasteiger partial charge < -0.3 is 4.74 Å². The Labute approximate surface area is 124 Å². The van der Waals surface area contributed by atoms with Gasteiger partial charge in [-0.15, -0.1) is 0 Å². The highest BCUT2D eigenvalue weighted by molar-refractivity contribution is 5.76. The van der Waals surface area contributed by atoms with Crippen LogP contribution in [-0.4, -0.2) is 0 Å². The Morgan fingerprint density at radius 1 is 0.667 bits per heavy atom. The minimum Gasteiger partial charge on any atom is -0.449 e. The molecule has 1 aliphatic heterocycles. The zero-order valence-corrected chi connectivity index (χ0v) is 11.8. The normalized spacial score (nSPS) is 11.6. The summed E-state index contributed by atoms with van der Waals surface area (Å²) in [5.41, 5.74) is 5.26. The van der Waals surface area contributed by atoms with Gasteiger partial charge in [0.1, 0.15) is 0 Å². The Bertz CT molecular complexity index is 761. The summed E-state index contributed by atoms with van der Waals surface area (Å²) < 4.78 is 5.62. The quantitative estimate of drug-likeness (QED) is 0.462. The first-order valence-corrected chi connectivity index (χ1v) is 7.35. The predicted octanol–water partition coefficient (Wildman–Crippen LogP) is 5.24. The largest absolute Gasteiger partial charge is 0.449 e. The van der Waals surface area contributed by atoms with Crippen LogP contribution >= 0.6 is 0 Å². The van der Waals surface area contributed by atoms with Gasteiger partial charge in [-0.05, 0) is 35.6 Å². The van der Waals surface area contributed by atoms with Gasteiger partial charge in [-0.2, -0.15) is 0 Å². The number of ether oxygens (including phenoxy) is 1. The van der Waals surface area contributed by atoms with Crippen LogP contribution in [0.5, 0.6) is 11.5 Å². The Kier molecular flexibility index (Phi) is 2.97. The van der Waals surface area contributed by atoms with Crippen molar-refractivity contribution < 1.29 is 4.74 Å². The molecule has 0 unspecified atom stereocenters. The fourth-order valence-electron chi connectivity index (χ4n) is 2.84. The summed E-state index contributed by atoms with van der Waals surface area (Å²) in [6, 6.07) is 25.4. The average Bonchev–Trinajstić information content (AvgIpc) is 3.34. The second-order valence-corrected chi connectivity index (χ2v) is 5.37. The first kappa shape index (κ1) is 12.2. The van der Waals surface area contributed by atoms with Crippen LogP contribution in [-0.2, 0) is 12.8 Å². The molecule has 0 amide bonds. The summed E-state index contributed by atoms with van der Waals surface area (Å²) in [4.78, 5) is 0. The van der Waals surface area contributed by atoms with Crippen molar-refractivity contribution in [3.05, 3.63) is 83.9 Å². The number of aryl methyl sites for hydroxylation is 1. The molecule has 0 aliphatic carbocycles. The summed E-state index contributed by atoms with van der Waals surface area (Å²) in [7, 11) is 0. The van der Waals surface area contributed by atoms with Gasteiger partial charge in [0, 0.05) is 5.56 Å². The summed E-state index contributed by atoms with van der Waals surface area (Å²) in [5.74, 6) is 2.13. The van der Waals surface area contributed by atoms with Gasteiger partial charge in [0.25, 0.3) is 0 Å². The monoisotopic (exact) mass is 272 g/mol. The van der Waals surface area contributed by atoms with E-state index in [0.29, 0.717) is 0 Å². The topological polar surface area (TPSA) is 12.5 Å². The van der Waals surface area contributed by atoms with Gasteiger partial charge in [0.2, 0.25) is 0 Å². The smallest absolute Gasteiger partial charge is 0.173 e. The number of hydrogen-bond donors (Lipinski definition) is 0. The molecule has 1 heterocycles. The van der Waals surface area contributed by atoms with E-state index in [1.165, 1.54) is 22.3 Å². The molecule has 0 atom stereocenters. The molecule has 21 heavy (non-hydrogen) atoms. The van der Waals surface area contributed by atoms with Gasteiger partial charge >= 0.3 is 0 Å². The molecule has 0 spiro atoms. The van der Waals surface area contributed by atoms with Crippen LogP contribution in [0.4, 0.5) is 0 Å². The van der Waals surface area contributed by atoms with Crippen molar-refractivity contribution in [3.63, 3.8) is 0 Å². The van der Waals surface area contributed by atoms with Crippen molar-refractivity contribution >= 4 is 0 Å². The van der Waals surface area contributed by atoms with E-state index in [1.807, 2.05) is 0 Å². The highest BCUT2D eigenvalue weighted by Gasteiger charge is 2.26. The molecule has 0 bridgehead atoms. The van der Waals surface area contributed by atoms with Crippen LogP contribution in [0.25, 0.3) is 11.1 Å². The predicted molar refractivity (Wildman–Crippen MR) is 85.8 cm³/mol. The highest BCUT2D eigenvalue weighted by Crippen LogP contribution is 2.51. The van der Waals surface area contributed by atoms with E-state index >= 15 is 0 Å². The van der Waals surface area contributed by atoms with Crippen LogP contribution in [0.3, 0.4) is 0 Å². The molecule has 0 saturated carbocycles. The molecule has 3 aromatic rings. The average molecular weight is 272 g/mol. The van der Waals surface area contributed by atoms with Crippen LogP contribution in [0, 0.1) is 0 Å². The summed E-state index contributed by atoms with van der Waals surface area (Å²) in [6.45, 7) is 0. The first-order valence-electron chi connectivity index (χ1n) is 7.35. The molecule has 1 heteroatoms. The Hall–Kier alpha value is -2.54. The molecule has 1 nitrogen and oxygen atoms in total. The number of fused-ring (bicyclic) bond motifs is 1. The lowest BCUT2D eigenvalue weighted by Crippen LogP contribution is -1.93. The molecule has 0 saturated heterocycles. The first-order chi connectivity index (χ1) is 10.4. The van der Waals surface area contributed by atoms with Gasteiger partial charge in [0.15, 0.2) is 11.5 Å². The van der Waals surface area contributed by atoms with E-state index in [-0.39, 0.29) is 0 Å². The Morgan fingerprint density at radius 2 is 1.38 bits per heavy atom. The van der Waals surface area contributed by atoms with Crippen molar-refractivity contribution in [2.75, 3.05) is 0 Å². The molecule has 1 aliphatic rings. The van der Waals surface area contributed by atoms with E-state index in [4.69, 9.17) is 4.74 Å². The fraction of sp³-hybridized carbons (Fsp3) is 0.100. The molecule has 0 radical (unpaired) electrons. The van der Waals surface area contributed by atoms with E-state index in [1.54, 1.807) is 0 Å². The molecular weight excluding hydrogens is 256 g/mol. The second kappa shape index (κ2) is 5.10. The van der Waals surface area contributed by atoms with Crippen LogP contribution in [0.2, 0.25) is 0 Å². The highest BCUT2D eigenvalue weighted by atomic mass is 16.6. The zero-order chi connectivity index (χ0) is 14.1. The molecule has 0 aromatic heterocycles. The van der Waals surface area contributed by atoms with Gasteiger partial charge in [-0.1, -0.05) is 66.7 Å². The lowest BCUT2D eigenvalue weighted by molar-refractivity contribution is 0.643. The van der Waals surface area contributed by atoms with E-state index in [0.717, 1.165) is 24.3 Å². The van der Waals surface area contributed by atoms with Crippen LogP contribution < -0.4 is 4.74 Å². The van der Waals surface area contributed by atoms with Gasteiger partial charge in [0.05, 0.1) is 0 Å². The van der Waals surface area contributed by atoms with E-state index in [2.05, 4.69) is 72.8 Å². The molecule has 0 N–H and O–H groups in total. The standard InChI is InChI=1S/C20H16O/c1-3-7-15(8-4-1)11-12-18-17(13-14-19-20(18)21-19)16-9-5-2-6-10-16/h1-10,13-14H,11-12H2. The number of hydrogen-bond acceptors (Lipinski definition) is 1. The summed E-state index contributed by atoms with van der Waals surface area (Å²) in [6.07, 6.45) is 2.05. The number of benzene rings is 3. The maximum absolute atomic E-state index is 5.62. The second-order valence-electron chi connectivity index (χ2n) is 5.37. The third kappa shape index (κ3) is 2.43. The summed E-state index contributed by atoms with van der Waals surface area (Å²) in [5, 5.41) is 0. The van der Waals surface area contributed by atoms with Gasteiger partial charge in [-0.25, -0.2) is 0 Å². The zero-order valence-electron chi connectivity index (χ0n) is 11.8. The van der Waals surface area contributed by atoms with Gasteiger partial charge in [-0.3, -0.25) is 0 Å². The third-order valence-electron chi connectivity index (χ3n) is 3.99. The maximum atomic E-state index is 5.62. The minimum atomic E-state index is 1.01. The number of rotatable bonds is 4. The molecule has 0 fully saturated rings. The van der Waals surface area contributed by atoms with E-state index < -0.39 is 0 Å². The fourth-order valence-corrected chi connectivity index (χ4v) is 2.84. The van der Waals surface area contributed by atoms with E-state index in [9.17, 15) is 0 Å².